The van der Waals surface area contributed by atoms with Gasteiger partial charge >= 0.3 is 0 Å². The lowest BCUT2D eigenvalue weighted by Crippen LogP contribution is -2.30. The van der Waals surface area contributed by atoms with Crippen LogP contribution in [0.3, 0.4) is 0 Å². The number of hydrogen-bond donors (Lipinski definition) is 2. The molecule has 0 aromatic heterocycles. The summed E-state index contributed by atoms with van der Waals surface area (Å²) in [6.07, 6.45) is 5.15. The molecular formula is C15H22N2O. The molecule has 0 spiro atoms. The lowest BCUT2D eigenvalue weighted by molar-refractivity contribution is -0.122. The van der Waals surface area contributed by atoms with Gasteiger partial charge in [-0.1, -0.05) is 31.4 Å². The molecule has 1 saturated carbocycles. The summed E-state index contributed by atoms with van der Waals surface area (Å²) in [5.74, 6) is 0.808. The molecule has 0 bridgehead atoms. The van der Waals surface area contributed by atoms with E-state index in [1.54, 1.807) is 0 Å². The van der Waals surface area contributed by atoms with Gasteiger partial charge in [0.2, 0.25) is 5.91 Å². The van der Waals surface area contributed by atoms with E-state index in [1.807, 2.05) is 31.2 Å². The van der Waals surface area contributed by atoms with Crippen LogP contribution in [0.5, 0.6) is 0 Å². The molecule has 2 rings (SSSR count). The third-order valence-electron chi connectivity index (χ3n) is 3.88. The molecule has 1 aromatic carbocycles. The van der Waals surface area contributed by atoms with Crippen LogP contribution in [0.4, 0.5) is 5.69 Å². The van der Waals surface area contributed by atoms with Crippen LogP contribution in [-0.2, 0) is 4.79 Å². The topological polar surface area (TPSA) is 55.1 Å². The molecule has 3 heteroatoms. The average Bonchev–Trinajstić information content (AvgIpc) is 2.31. The minimum absolute atomic E-state index is 0.0972. The number of nitrogens with one attached hydrogen (secondary N) is 1. The molecular weight excluding hydrogens is 224 g/mol. The van der Waals surface area contributed by atoms with E-state index in [0.717, 1.165) is 24.4 Å². The Morgan fingerprint density at radius 2 is 2.28 bits per heavy atom. The summed E-state index contributed by atoms with van der Waals surface area (Å²) in [7, 11) is 0. The first kappa shape index (κ1) is 12.9. The third-order valence-corrected chi connectivity index (χ3v) is 3.88. The van der Waals surface area contributed by atoms with Gasteiger partial charge in [0.15, 0.2) is 0 Å². The van der Waals surface area contributed by atoms with Gasteiger partial charge in [-0.05, 0) is 37.0 Å². The zero-order valence-corrected chi connectivity index (χ0v) is 11.0. The van der Waals surface area contributed by atoms with Gasteiger partial charge in [-0.2, -0.15) is 0 Å². The largest absolute Gasteiger partial charge is 0.399 e. The summed E-state index contributed by atoms with van der Waals surface area (Å²) in [4.78, 5) is 12.0. The maximum atomic E-state index is 12.0. The monoisotopic (exact) mass is 246 g/mol. The lowest BCUT2D eigenvalue weighted by atomic mass is 9.83. The number of carbonyl (C=O) groups excluding carboxylic acids is 1. The first-order valence-corrected chi connectivity index (χ1v) is 6.80. The Morgan fingerprint density at radius 3 is 2.89 bits per heavy atom. The van der Waals surface area contributed by atoms with Crippen molar-refractivity contribution in [2.75, 3.05) is 12.3 Å². The molecule has 1 aliphatic carbocycles. The number of amides is 1. The number of rotatable bonds is 5. The van der Waals surface area contributed by atoms with Crippen molar-refractivity contribution in [1.82, 2.24) is 5.32 Å². The van der Waals surface area contributed by atoms with E-state index in [1.165, 1.54) is 19.3 Å². The third kappa shape index (κ3) is 3.25. The molecule has 98 valence electrons. The van der Waals surface area contributed by atoms with Crippen LogP contribution in [-0.4, -0.2) is 12.5 Å². The van der Waals surface area contributed by atoms with E-state index in [9.17, 15) is 4.79 Å². The van der Waals surface area contributed by atoms with Crippen molar-refractivity contribution in [3.05, 3.63) is 29.8 Å². The standard InChI is InChI=1S/C15H22N2O/c1-11(13-6-3-7-14(16)10-13)15(18)17-9-8-12-4-2-5-12/h3,6-7,10-12H,2,4-5,8-9,16H2,1H3,(H,17,18). The van der Waals surface area contributed by atoms with E-state index in [2.05, 4.69) is 5.32 Å². The molecule has 0 aliphatic heterocycles. The number of hydrogen-bond acceptors (Lipinski definition) is 2. The van der Waals surface area contributed by atoms with Crippen LogP contribution in [0.1, 0.15) is 44.1 Å². The highest BCUT2D eigenvalue weighted by Crippen LogP contribution is 2.28. The average molecular weight is 246 g/mol. The summed E-state index contributed by atoms with van der Waals surface area (Å²) >= 11 is 0. The van der Waals surface area contributed by atoms with Crippen molar-refractivity contribution < 1.29 is 4.79 Å². The van der Waals surface area contributed by atoms with E-state index in [4.69, 9.17) is 5.73 Å². The molecule has 1 amide bonds. The number of anilines is 1. The van der Waals surface area contributed by atoms with Crippen LogP contribution in [0.15, 0.2) is 24.3 Å². The predicted octanol–water partition coefficient (Wildman–Crippen LogP) is 2.68. The van der Waals surface area contributed by atoms with Crippen LogP contribution >= 0.6 is 0 Å². The van der Waals surface area contributed by atoms with E-state index >= 15 is 0 Å². The molecule has 1 aromatic rings. The van der Waals surface area contributed by atoms with Gasteiger partial charge in [0.25, 0.3) is 0 Å². The molecule has 1 fully saturated rings. The Bertz CT molecular complexity index is 413. The summed E-state index contributed by atoms with van der Waals surface area (Å²) in [6, 6.07) is 7.55. The lowest BCUT2D eigenvalue weighted by Gasteiger charge is -2.25. The normalized spacial score (nSPS) is 16.9. The summed E-state index contributed by atoms with van der Waals surface area (Å²) < 4.78 is 0. The first-order valence-electron chi connectivity index (χ1n) is 6.80. The quantitative estimate of drug-likeness (QED) is 0.785. The number of benzene rings is 1. The molecule has 0 radical (unpaired) electrons. The van der Waals surface area contributed by atoms with Crippen LogP contribution < -0.4 is 11.1 Å². The van der Waals surface area contributed by atoms with E-state index in [-0.39, 0.29) is 11.8 Å². The van der Waals surface area contributed by atoms with Crippen LogP contribution in [0.25, 0.3) is 0 Å². The van der Waals surface area contributed by atoms with Crippen LogP contribution in [0, 0.1) is 5.92 Å². The van der Waals surface area contributed by atoms with Crippen molar-refractivity contribution in [3.8, 4) is 0 Å². The second-order valence-corrected chi connectivity index (χ2v) is 5.27. The van der Waals surface area contributed by atoms with Gasteiger partial charge in [0.1, 0.15) is 0 Å². The Morgan fingerprint density at radius 1 is 1.50 bits per heavy atom. The molecule has 1 aliphatic rings. The van der Waals surface area contributed by atoms with Crippen molar-refractivity contribution in [1.29, 1.82) is 0 Å². The zero-order valence-electron chi connectivity index (χ0n) is 11.0. The summed E-state index contributed by atoms with van der Waals surface area (Å²) in [6.45, 7) is 2.73. The highest BCUT2D eigenvalue weighted by atomic mass is 16.1. The fourth-order valence-corrected chi connectivity index (χ4v) is 2.31. The minimum Gasteiger partial charge on any atom is -0.399 e. The molecule has 0 saturated heterocycles. The van der Waals surface area contributed by atoms with Gasteiger partial charge in [-0.25, -0.2) is 0 Å². The maximum absolute atomic E-state index is 12.0. The first-order chi connectivity index (χ1) is 8.66. The number of nitrogen functional groups attached to an aromatic ring is 1. The van der Waals surface area contributed by atoms with Crippen molar-refractivity contribution >= 4 is 11.6 Å². The summed E-state index contributed by atoms with van der Waals surface area (Å²) in [5, 5.41) is 3.02. The second kappa shape index (κ2) is 5.89. The van der Waals surface area contributed by atoms with Gasteiger partial charge in [-0.3, -0.25) is 4.79 Å². The Balaban J connectivity index is 1.80. The Hall–Kier alpha value is -1.51. The predicted molar refractivity (Wildman–Crippen MR) is 74.2 cm³/mol. The highest BCUT2D eigenvalue weighted by molar-refractivity contribution is 5.83. The number of nitrogens with two attached hydrogens (primary N) is 1. The maximum Gasteiger partial charge on any atom is 0.227 e. The van der Waals surface area contributed by atoms with Gasteiger partial charge in [0.05, 0.1) is 5.92 Å². The molecule has 1 atom stereocenters. The number of carbonyl (C=O) groups is 1. The summed E-state index contributed by atoms with van der Waals surface area (Å²) in [5.41, 5.74) is 7.42. The second-order valence-electron chi connectivity index (χ2n) is 5.27. The van der Waals surface area contributed by atoms with Crippen molar-refractivity contribution in [2.24, 2.45) is 5.92 Å². The van der Waals surface area contributed by atoms with Gasteiger partial charge in [0, 0.05) is 12.2 Å². The SMILES string of the molecule is CC(C(=O)NCCC1CCC1)c1cccc(N)c1. The zero-order chi connectivity index (χ0) is 13.0. The van der Waals surface area contributed by atoms with Crippen molar-refractivity contribution in [3.63, 3.8) is 0 Å². The van der Waals surface area contributed by atoms with E-state index in [0.29, 0.717) is 5.69 Å². The fraction of sp³-hybridized carbons (Fsp3) is 0.533. The van der Waals surface area contributed by atoms with Gasteiger partial charge in [-0.15, -0.1) is 0 Å². The van der Waals surface area contributed by atoms with Crippen LogP contribution in [0.2, 0.25) is 0 Å². The molecule has 1 unspecified atom stereocenters. The Labute approximate surface area is 109 Å². The highest BCUT2D eigenvalue weighted by Gasteiger charge is 2.18. The molecule has 3 N–H and O–H groups in total. The van der Waals surface area contributed by atoms with Crippen molar-refractivity contribution in [2.45, 2.75) is 38.5 Å². The molecule has 18 heavy (non-hydrogen) atoms. The van der Waals surface area contributed by atoms with Gasteiger partial charge < -0.3 is 11.1 Å². The minimum atomic E-state index is -0.130. The molecule has 0 heterocycles. The smallest absolute Gasteiger partial charge is 0.227 e. The van der Waals surface area contributed by atoms with E-state index < -0.39 is 0 Å². The fourth-order valence-electron chi connectivity index (χ4n) is 2.31. The molecule has 3 nitrogen and oxygen atoms in total. The Kier molecular flexibility index (Phi) is 4.24.